The van der Waals surface area contributed by atoms with E-state index < -0.39 is 11.7 Å². The third-order valence-electron chi connectivity index (χ3n) is 3.22. The molecule has 106 valence electrons. The van der Waals surface area contributed by atoms with Crippen molar-refractivity contribution < 1.29 is 14.6 Å². The Morgan fingerprint density at radius 3 is 2.85 bits per heavy atom. The van der Waals surface area contributed by atoms with E-state index in [9.17, 15) is 9.90 Å². The van der Waals surface area contributed by atoms with Gasteiger partial charge in [0.05, 0.1) is 12.1 Å². The Labute approximate surface area is 116 Å². The summed E-state index contributed by atoms with van der Waals surface area (Å²) in [7, 11) is 0. The van der Waals surface area contributed by atoms with Crippen LogP contribution in [0.2, 0.25) is 0 Å². The fourth-order valence-corrected chi connectivity index (χ4v) is 2.18. The highest BCUT2D eigenvalue weighted by Crippen LogP contribution is 2.32. The van der Waals surface area contributed by atoms with Crippen LogP contribution < -0.4 is 5.32 Å². The Bertz CT molecular complexity index is 508. The predicted molar refractivity (Wildman–Crippen MR) is 71.7 cm³/mol. The van der Waals surface area contributed by atoms with E-state index in [1.54, 1.807) is 0 Å². The second kappa shape index (κ2) is 6.27. The summed E-state index contributed by atoms with van der Waals surface area (Å²) in [5, 5.41) is 15.9. The quantitative estimate of drug-likeness (QED) is 0.488. The van der Waals surface area contributed by atoms with Crippen molar-refractivity contribution in [3.05, 3.63) is 46.3 Å². The number of benzene rings is 1. The molecule has 0 radical (unpaired) electrons. The van der Waals surface area contributed by atoms with Crippen molar-refractivity contribution in [3.8, 4) is 0 Å². The van der Waals surface area contributed by atoms with Crippen molar-refractivity contribution in [2.24, 2.45) is 5.11 Å². The van der Waals surface area contributed by atoms with Crippen LogP contribution in [0.15, 0.2) is 35.4 Å². The average molecular weight is 276 g/mol. The zero-order valence-electron chi connectivity index (χ0n) is 10.9. The summed E-state index contributed by atoms with van der Waals surface area (Å²) in [4.78, 5) is 14.2. The van der Waals surface area contributed by atoms with Gasteiger partial charge in [-0.3, -0.25) is 0 Å². The molecule has 0 aliphatic heterocycles. The number of amides is 1. The number of alkyl carbamates (subject to hydrolysis) is 1. The van der Waals surface area contributed by atoms with Gasteiger partial charge >= 0.3 is 6.09 Å². The summed E-state index contributed by atoms with van der Waals surface area (Å²) < 4.78 is 5.07. The molecule has 0 atom stereocenters. The molecular weight excluding hydrogens is 260 g/mol. The van der Waals surface area contributed by atoms with Crippen LogP contribution in [0, 0.1) is 0 Å². The standard InChI is InChI=1S/C13H16N4O3/c14-17-15-9-13(19)6-11(7-13)16-12(18)20-8-10-4-2-1-3-5-10/h1-5,11,19H,6-9H2,(H,16,18)/t11-,13-. The van der Waals surface area contributed by atoms with Crippen LogP contribution in [-0.4, -0.2) is 29.4 Å². The van der Waals surface area contributed by atoms with E-state index in [4.69, 9.17) is 10.3 Å². The first-order chi connectivity index (χ1) is 9.61. The van der Waals surface area contributed by atoms with Crippen molar-refractivity contribution in [2.45, 2.75) is 31.1 Å². The molecule has 1 amide bonds. The summed E-state index contributed by atoms with van der Waals surface area (Å²) in [6.45, 7) is 0.239. The minimum atomic E-state index is -0.996. The maximum absolute atomic E-state index is 11.5. The van der Waals surface area contributed by atoms with Gasteiger partial charge in [-0.05, 0) is 23.9 Å². The summed E-state index contributed by atoms with van der Waals surface area (Å²) in [6.07, 6.45) is 0.225. The maximum Gasteiger partial charge on any atom is 0.407 e. The Balaban J connectivity index is 1.68. The third-order valence-corrected chi connectivity index (χ3v) is 3.22. The number of rotatable bonds is 5. The van der Waals surface area contributed by atoms with Crippen LogP contribution in [0.4, 0.5) is 4.79 Å². The van der Waals surface area contributed by atoms with Crippen molar-refractivity contribution in [1.29, 1.82) is 0 Å². The van der Waals surface area contributed by atoms with Gasteiger partial charge < -0.3 is 15.2 Å². The van der Waals surface area contributed by atoms with Crippen LogP contribution >= 0.6 is 0 Å². The van der Waals surface area contributed by atoms with Gasteiger partial charge in [0.2, 0.25) is 0 Å². The molecule has 1 aromatic carbocycles. The van der Waals surface area contributed by atoms with E-state index in [0.717, 1.165) is 5.56 Å². The molecule has 2 N–H and O–H groups in total. The van der Waals surface area contributed by atoms with Crippen LogP contribution in [0.5, 0.6) is 0 Å². The van der Waals surface area contributed by atoms with Gasteiger partial charge in [-0.2, -0.15) is 0 Å². The minimum Gasteiger partial charge on any atom is -0.445 e. The molecule has 0 bridgehead atoms. The molecule has 1 aliphatic carbocycles. The largest absolute Gasteiger partial charge is 0.445 e. The number of ether oxygens (including phenoxy) is 1. The van der Waals surface area contributed by atoms with Crippen molar-refractivity contribution in [2.75, 3.05) is 6.54 Å². The fourth-order valence-electron chi connectivity index (χ4n) is 2.18. The highest BCUT2D eigenvalue weighted by Gasteiger charge is 2.42. The zero-order valence-corrected chi connectivity index (χ0v) is 10.9. The Morgan fingerprint density at radius 1 is 1.50 bits per heavy atom. The van der Waals surface area contributed by atoms with Crippen LogP contribution in [0.25, 0.3) is 10.4 Å². The Morgan fingerprint density at radius 2 is 2.20 bits per heavy atom. The van der Waals surface area contributed by atoms with Gasteiger partial charge in [-0.25, -0.2) is 4.79 Å². The number of carbonyl (C=O) groups excluding carboxylic acids is 1. The third kappa shape index (κ3) is 3.88. The first kappa shape index (κ1) is 14.2. The molecule has 0 spiro atoms. The second-order valence-corrected chi connectivity index (χ2v) is 4.92. The molecule has 0 heterocycles. The highest BCUT2D eigenvalue weighted by molar-refractivity contribution is 5.67. The molecule has 0 aromatic heterocycles. The van der Waals surface area contributed by atoms with Crippen LogP contribution in [0.3, 0.4) is 0 Å². The van der Waals surface area contributed by atoms with Crippen LogP contribution in [-0.2, 0) is 11.3 Å². The first-order valence-corrected chi connectivity index (χ1v) is 6.32. The summed E-state index contributed by atoms with van der Waals surface area (Å²) in [5.41, 5.74) is 8.11. The van der Waals surface area contributed by atoms with Gasteiger partial charge in [0.15, 0.2) is 0 Å². The number of nitrogens with zero attached hydrogens (tertiary/aromatic N) is 3. The average Bonchev–Trinajstić information content (AvgIpc) is 2.42. The lowest BCUT2D eigenvalue weighted by molar-refractivity contribution is -0.0463. The van der Waals surface area contributed by atoms with Gasteiger partial charge in [-0.1, -0.05) is 35.4 Å². The Kier molecular flexibility index (Phi) is 4.45. The molecule has 7 heteroatoms. The summed E-state index contributed by atoms with van der Waals surface area (Å²) in [6, 6.07) is 9.24. The molecule has 20 heavy (non-hydrogen) atoms. The number of nitrogens with one attached hydrogen (secondary N) is 1. The molecule has 0 saturated heterocycles. The monoisotopic (exact) mass is 276 g/mol. The van der Waals surface area contributed by atoms with Gasteiger partial charge in [0, 0.05) is 11.0 Å². The Hall–Kier alpha value is -2.24. The van der Waals surface area contributed by atoms with Crippen molar-refractivity contribution >= 4 is 6.09 Å². The number of hydrogen-bond acceptors (Lipinski definition) is 4. The maximum atomic E-state index is 11.5. The minimum absolute atomic E-state index is 0.0285. The fraction of sp³-hybridized carbons (Fsp3) is 0.462. The van der Waals surface area contributed by atoms with Gasteiger partial charge in [0.1, 0.15) is 6.61 Å². The van der Waals surface area contributed by atoms with Gasteiger partial charge in [-0.15, -0.1) is 0 Å². The number of carbonyl (C=O) groups is 1. The van der Waals surface area contributed by atoms with Crippen molar-refractivity contribution in [3.63, 3.8) is 0 Å². The number of azide groups is 1. The molecular formula is C13H16N4O3. The lowest BCUT2D eigenvalue weighted by Gasteiger charge is -2.42. The molecule has 1 saturated carbocycles. The molecule has 1 fully saturated rings. The zero-order chi connectivity index (χ0) is 14.4. The smallest absolute Gasteiger partial charge is 0.407 e. The molecule has 0 unspecified atom stereocenters. The second-order valence-electron chi connectivity index (χ2n) is 4.92. The molecule has 1 aromatic rings. The molecule has 2 rings (SSSR count). The van der Waals surface area contributed by atoms with E-state index in [1.165, 1.54) is 0 Å². The number of aliphatic hydroxyl groups is 1. The molecule has 7 nitrogen and oxygen atoms in total. The predicted octanol–water partition coefficient (Wildman–Crippen LogP) is 2.12. The van der Waals surface area contributed by atoms with E-state index in [0.29, 0.717) is 12.8 Å². The highest BCUT2D eigenvalue weighted by atomic mass is 16.5. The van der Waals surface area contributed by atoms with E-state index in [-0.39, 0.29) is 19.2 Å². The topological polar surface area (TPSA) is 107 Å². The lowest BCUT2D eigenvalue weighted by atomic mass is 9.76. The lowest BCUT2D eigenvalue weighted by Crippen LogP contribution is -2.56. The van der Waals surface area contributed by atoms with E-state index in [1.807, 2.05) is 30.3 Å². The first-order valence-electron chi connectivity index (χ1n) is 6.32. The summed E-state index contributed by atoms with van der Waals surface area (Å²) in [5.74, 6) is 0. The van der Waals surface area contributed by atoms with Crippen molar-refractivity contribution in [1.82, 2.24) is 5.32 Å². The SMILES string of the molecule is [N-]=[N+]=NC[C@]1(O)C[C@H](NC(=O)OCc2ccccc2)C1. The normalized spacial score (nSPS) is 24.1. The molecule has 1 aliphatic rings. The van der Waals surface area contributed by atoms with Gasteiger partial charge in [0.25, 0.3) is 0 Å². The van der Waals surface area contributed by atoms with E-state index >= 15 is 0 Å². The van der Waals surface area contributed by atoms with E-state index in [2.05, 4.69) is 15.3 Å². The van der Waals surface area contributed by atoms with Crippen LogP contribution in [0.1, 0.15) is 18.4 Å². The number of hydrogen-bond donors (Lipinski definition) is 2. The summed E-state index contributed by atoms with van der Waals surface area (Å²) >= 11 is 0.